The minimum absolute atomic E-state index is 0.260. The van der Waals surface area contributed by atoms with Crippen molar-refractivity contribution >= 4 is 39.9 Å². The Hall–Kier alpha value is -2.75. The highest BCUT2D eigenvalue weighted by Gasteiger charge is 2.20. The van der Waals surface area contributed by atoms with Gasteiger partial charge in [0.2, 0.25) is 0 Å². The summed E-state index contributed by atoms with van der Waals surface area (Å²) in [5, 5.41) is 5.91. The second-order valence-electron chi connectivity index (χ2n) is 6.63. The first-order chi connectivity index (χ1) is 13.5. The molecule has 1 N–H and O–H groups in total. The molecule has 0 aliphatic carbocycles. The van der Waals surface area contributed by atoms with E-state index in [0.717, 1.165) is 27.5 Å². The molecule has 5 heteroatoms. The van der Waals surface area contributed by atoms with E-state index in [-0.39, 0.29) is 5.91 Å². The summed E-state index contributed by atoms with van der Waals surface area (Å²) in [7, 11) is 0. The molecule has 28 heavy (non-hydrogen) atoms. The molecular weight excluding hydrogens is 393 g/mol. The van der Waals surface area contributed by atoms with Gasteiger partial charge in [-0.2, -0.15) is 0 Å². The van der Waals surface area contributed by atoms with Crippen LogP contribution in [0.4, 0.5) is 0 Å². The molecule has 3 aromatic carbocycles. The van der Waals surface area contributed by atoms with Crippen molar-refractivity contribution in [3.05, 3.63) is 93.7 Å². The van der Waals surface area contributed by atoms with E-state index in [1.54, 1.807) is 24.3 Å². The topological polar surface area (TPSA) is 42.2 Å². The SMILES string of the molecule is Cc1ccc2c(C(=O)NCc3ccc(Cl)cc3)oc(-c3ccc(Cl)cc3)c2c1. The third-order valence-corrected chi connectivity index (χ3v) is 5.05. The van der Waals surface area contributed by atoms with Crippen molar-refractivity contribution in [1.82, 2.24) is 5.32 Å². The Kier molecular flexibility index (Phi) is 5.12. The molecule has 0 radical (unpaired) electrons. The quantitative estimate of drug-likeness (QED) is 0.410. The lowest BCUT2D eigenvalue weighted by Gasteiger charge is -2.04. The molecule has 0 bridgehead atoms. The Labute approximate surface area is 172 Å². The summed E-state index contributed by atoms with van der Waals surface area (Å²) < 4.78 is 6.04. The standard InChI is InChI=1S/C23H17Cl2NO2/c1-14-2-11-19-20(12-14)21(16-5-9-18(25)10-6-16)28-22(19)23(27)26-13-15-3-7-17(24)8-4-15/h2-12H,13H2,1H3,(H,26,27). The number of rotatable bonds is 4. The van der Waals surface area contributed by atoms with Crippen LogP contribution in [0.1, 0.15) is 21.7 Å². The minimum atomic E-state index is -0.260. The van der Waals surface area contributed by atoms with Crippen LogP contribution in [-0.4, -0.2) is 5.91 Å². The van der Waals surface area contributed by atoms with Gasteiger partial charge in [-0.05, 0) is 55.0 Å². The van der Waals surface area contributed by atoms with E-state index in [0.29, 0.717) is 28.1 Å². The smallest absolute Gasteiger partial charge is 0.287 e. The fraction of sp³-hybridized carbons (Fsp3) is 0.0870. The fourth-order valence-corrected chi connectivity index (χ4v) is 3.36. The first-order valence-electron chi connectivity index (χ1n) is 8.83. The maximum atomic E-state index is 12.8. The van der Waals surface area contributed by atoms with Gasteiger partial charge in [-0.15, -0.1) is 0 Å². The van der Waals surface area contributed by atoms with Gasteiger partial charge in [0, 0.05) is 32.9 Å². The number of furan rings is 1. The maximum Gasteiger partial charge on any atom is 0.287 e. The predicted octanol–water partition coefficient (Wildman–Crippen LogP) is 6.65. The third-order valence-electron chi connectivity index (χ3n) is 4.55. The minimum Gasteiger partial charge on any atom is -0.450 e. The van der Waals surface area contributed by atoms with Crippen molar-refractivity contribution < 1.29 is 9.21 Å². The largest absolute Gasteiger partial charge is 0.450 e. The fourth-order valence-electron chi connectivity index (χ4n) is 3.11. The summed E-state index contributed by atoms with van der Waals surface area (Å²) >= 11 is 11.9. The number of hydrogen-bond donors (Lipinski definition) is 1. The molecule has 0 aliphatic heterocycles. The Balaban J connectivity index is 1.69. The Morgan fingerprint density at radius 3 is 2.21 bits per heavy atom. The van der Waals surface area contributed by atoms with E-state index in [2.05, 4.69) is 5.32 Å². The van der Waals surface area contributed by atoms with Crippen LogP contribution >= 0.6 is 23.2 Å². The molecule has 1 aromatic heterocycles. The van der Waals surface area contributed by atoms with Crippen LogP contribution in [0.25, 0.3) is 22.1 Å². The number of amides is 1. The monoisotopic (exact) mass is 409 g/mol. The zero-order valence-corrected chi connectivity index (χ0v) is 16.6. The van der Waals surface area contributed by atoms with Crippen molar-refractivity contribution in [1.29, 1.82) is 0 Å². The summed E-state index contributed by atoms with van der Waals surface area (Å²) in [6.07, 6.45) is 0. The summed E-state index contributed by atoms with van der Waals surface area (Å²) in [6.45, 7) is 2.40. The number of carbonyl (C=O) groups is 1. The lowest BCUT2D eigenvalue weighted by Crippen LogP contribution is -2.22. The van der Waals surface area contributed by atoms with Crippen molar-refractivity contribution in [3.8, 4) is 11.3 Å². The number of carbonyl (C=O) groups excluding carboxylic acids is 1. The van der Waals surface area contributed by atoms with Gasteiger partial charge in [0.25, 0.3) is 5.91 Å². The number of hydrogen-bond acceptors (Lipinski definition) is 2. The number of benzene rings is 3. The maximum absolute atomic E-state index is 12.8. The molecule has 0 unspecified atom stereocenters. The van der Waals surface area contributed by atoms with Crippen molar-refractivity contribution in [3.63, 3.8) is 0 Å². The molecule has 0 saturated heterocycles. The van der Waals surface area contributed by atoms with E-state index in [1.165, 1.54) is 0 Å². The predicted molar refractivity (Wildman–Crippen MR) is 114 cm³/mol. The van der Waals surface area contributed by atoms with Gasteiger partial charge in [-0.25, -0.2) is 0 Å². The van der Waals surface area contributed by atoms with Gasteiger partial charge in [0.15, 0.2) is 5.76 Å². The molecule has 0 saturated carbocycles. The number of fused-ring (bicyclic) bond motifs is 1. The molecule has 0 aliphatic rings. The molecule has 1 amide bonds. The highest BCUT2D eigenvalue weighted by atomic mass is 35.5. The first kappa shape index (κ1) is 18.6. The summed E-state index contributed by atoms with van der Waals surface area (Å²) in [6, 6.07) is 20.7. The van der Waals surface area contributed by atoms with Crippen LogP contribution in [-0.2, 0) is 6.54 Å². The number of nitrogens with one attached hydrogen (secondary N) is 1. The van der Waals surface area contributed by atoms with Gasteiger partial charge in [-0.1, -0.05) is 53.0 Å². The summed E-state index contributed by atoms with van der Waals surface area (Å²) in [4.78, 5) is 12.8. The molecule has 0 fully saturated rings. The average molecular weight is 410 g/mol. The molecule has 140 valence electrons. The average Bonchev–Trinajstić information content (AvgIpc) is 3.06. The zero-order chi connectivity index (χ0) is 19.7. The molecule has 4 aromatic rings. The molecular formula is C23H17Cl2NO2. The van der Waals surface area contributed by atoms with Gasteiger partial charge >= 0.3 is 0 Å². The van der Waals surface area contributed by atoms with Gasteiger partial charge in [0.05, 0.1) is 0 Å². The van der Waals surface area contributed by atoms with Crippen LogP contribution in [0.3, 0.4) is 0 Å². The highest BCUT2D eigenvalue weighted by Crippen LogP contribution is 2.35. The molecule has 0 spiro atoms. The lowest BCUT2D eigenvalue weighted by atomic mass is 10.0. The van der Waals surface area contributed by atoms with E-state index in [1.807, 2.05) is 49.4 Å². The Morgan fingerprint density at radius 1 is 0.893 bits per heavy atom. The molecule has 4 rings (SSSR count). The van der Waals surface area contributed by atoms with E-state index in [9.17, 15) is 4.79 Å². The molecule has 0 atom stereocenters. The van der Waals surface area contributed by atoms with Crippen LogP contribution in [0.2, 0.25) is 10.0 Å². The second kappa shape index (κ2) is 7.70. The van der Waals surface area contributed by atoms with Gasteiger partial charge in [0.1, 0.15) is 5.76 Å². The van der Waals surface area contributed by atoms with Crippen LogP contribution < -0.4 is 5.32 Å². The van der Waals surface area contributed by atoms with E-state index in [4.69, 9.17) is 27.6 Å². The number of halogens is 2. The normalized spacial score (nSPS) is 11.0. The van der Waals surface area contributed by atoms with Crippen LogP contribution in [0.5, 0.6) is 0 Å². The summed E-state index contributed by atoms with van der Waals surface area (Å²) in [5.41, 5.74) is 2.93. The zero-order valence-electron chi connectivity index (χ0n) is 15.1. The lowest BCUT2D eigenvalue weighted by molar-refractivity contribution is 0.0926. The molecule has 3 nitrogen and oxygen atoms in total. The Morgan fingerprint density at radius 2 is 1.54 bits per heavy atom. The Bertz CT molecular complexity index is 1150. The van der Waals surface area contributed by atoms with Crippen molar-refractivity contribution in [2.24, 2.45) is 0 Å². The van der Waals surface area contributed by atoms with Gasteiger partial charge in [-0.3, -0.25) is 4.79 Å². The van der Waals surface area contributed by atoms with E-state index < -0.39 is 0 Å². The van der Waals surface area contributed by atoms with Gasteiger partial charge < -0.3 is 9.73 Å². The second-order valence-corrected chi connectivity index (χ2v) is 7.50. The summed E-state index contributed by atoms with van der Waals surface area (Å²) in [5.74, 6) is 0.699. The highest BCUT2D eigenvalue weighted by molar-refractivity contribution is 6.30. The van der Waals surface area contributed by atoms with Crippen molar-refractivity contribution in [2.75, 3.05) is 0 Å². The first-order valence-corrected chi connectivity index (χ1v) is 9.58. The van der Waals surface area contributed by atoms with Crippen LogP contribution in [0.15, 0.2) is 71.1 Å². The van der Waals surface area contributed by atoms with E-state index >= 15 is 0 Å². The van der Waals surface area contributed by atoms with Crippen LogP contribution in [0, 0.1) is 6.92 Å². The number of aryl methyl sites for hydroxylation is 1. The third kappa shape index (κ3) is 3.77. The molecule has 1 heterocycles. The van der Waals surface area contributed by atoms with Crippen molar-refractivity contribution in [2.45, 2.75) is 13.5 Å².